The van der Waals surface area contributed by atoms with Gasteiger partial charge < -0.3 is 20.8 Å². The molecule has 0 fully saturated rings. The molecular formula is C17H30N4O9. The number of hydrogen-bond acceptors (Lipinski definition) is 8. The highest BCUT2D eigenvalue weighted by Gasteiger charge is 2.40. The van der Waals surface area contributed by atoms with E-state index in [1.807, 2.05) is 0 Å². The molecule has 0 aromatic carbocycles. The van der Waals surface area contributed by atoms with Gasteiger partial charge in [0.2, 0.25) is 17.7 Å². The van der Waals surface area contributed by atoms with Crippen LogP contribution in [-0.4, -0.2) is 92.1 Å². The molecule has 0 bridgehead atoms. The maximum Gasteiger partial charge on any atom is 0.306 e. The summed E-state index contributed by atoms with van der Waals surface area (Å²) in [5, 5.41) is 43.5. The smallest absolute Gasteiger partial charge is 0.306 e. The fourth-order valence-electron chi connectivity index (χ4n) is 2.33. The van der Waals surface area contributed by atoms with Gasteiger partial charge in [0.25, 0.3) is 5.91 Å². The number of hydroxylamine groups is 4. The van der Waals surface area contributed by atoms with Crippen molar-refractivity contribution in [1.82, 2.24) is 20.8 Å². The first-order valence-electron chi connectivity index (χ1n) is 9.32. The summed E-state index contributed by atoms with van der Waals surface area (Å²) in [5.41, 5.74) is -2.47. The van der Waals surface area contributed by atoms with Gasteiger partial charge in [-0.1, -0.05) is 0 Å². The monoisotopic (exact) mass is 434 g/mol. The van der Waals surface area contributed by atoms with E-state index in [0.717, 1.165) is 6.92 Å². The zero-order chi connectivity index (χ0) is 23.3. The van der Waals surface area contributed by atoms with Crippen molar-refractivity contribution in [3.63, 3.8) is 0 Å². The summed E-state index contributed by atoms with van der Waals surface area (Å²) in [4.78, 5) is 57.0. The van der Waals surface area contributed by atoms with Crippen LogP contribution in [0.4, 0.5) is 0 Å². The number of hydrogen-bond donors (Lipinski definition) is 6. The van der Waals surface area contributed by atoms with E-state index in [9.17, 15) is 39.5 Å². The normalized spacial score (nSPS) is 12.4. The SMILES string of the molecule is CC(=O)N(O)CCCCNC(=O)C(O)(CC(=O)O)CC(=O)NCCCN(O)C(C)=O. The minimum atomic E-state index is -2.47. The molecule has 4 amide bonds. The number of nitrogens with one attached hydrogen (secondary N) is 2. The first-order chi connectivity index (χ1) is 13.9. The Morgan fingerprint density at radius 2 is 1.30 bits per heavy atom. The molecule has 13 heteroatoms. The highest BCUT2D eigenvalue weighted by molar-refractivity contribution is 5.94. The molecule has 0 aromatic rings. The summed E-state index contributed by atoms with van der Waals surface area (Å²) >= 11 is 0. The van der Waals surface area contributed by atoms with E-state index in [4.69, 9.17) is 5.11 Å². The number of aliphatic carboxylic acids is 1. The zero-order valence-electron chi connectivity index (χ0n) is 17.1. The summed E-state index contributed by atoms with van der Waals surface area (Å²) in [6, 6.07) is 0. The Morgan fingerprint density at radius 3 is 1.80 bits per heavy atom. The molecule has 13 nitrogen and oxygen atoms in total. The Balaban J connectivity index is 4.53. The summed E-state index contributed by atoms with van der Waals surface area (Å²) < 4.78 is 0. The lowest BCUT2D eigenvalue weighted by atomic mass is 9.93. The van der Waals surface area contributed by atoms with Crippen LogP contribution in [0.25, 0.3) is 0 Å². The fraction of sp³-hybridized carbons (Fsp3) is 0.706. The molecule has 30 heavy (non-hydrogen) atoms. The molecule has 0 saturated heterocycles. The standard InChI is InChI=1S/C17H30N4O9/c1-12(22)20(29)8-4-3-6-19-16(27)17(28,11-15(25)26)10-14(24)18-7-5-9-21(30)13(2)23/h28-30H,3-11H2,1-2H3,(H,18,24)(H,19,27)(H,25,26). The number of amides is 4. The van der Waals surface area contributed by atoms with Gasteiger partial charge in [-0.3, -0.25) is 34.4 Å². The largest absolute Gasteiger partial charge is 0.481 e. The quantitative estimate of drug-likeness (QED) is 0.107. The van der Waals surface area contributed by atoms with Crippen molar-refractivity contribution in [1.29, 1.82) is 0 Å². The zero-order valence-corrected chi connectivity index (χ0v) is 17.1. The molecule has 0 saturated carbocycles. The van der Waals surface area contributed by atoms with Crippen LogP contribution in [0, 0.1) is 0 Å². The molecule has 0 aliphatic rings. The second-order valence-corrected chi connectivity index (χ2v) is 6.73. The van der Waals surface area contributed by atoms with Gasteiger partial charge in [0.1, 0.15) is 0 Å². The molecule has 1 atom stereocenters. The van der Waals surface area contributed by atoms with E-state index in [0.29, 0.717) is 23.0 Å². The molecule has 172 valence electrons. The van der Waals surface area contributed by atoms with Gasteiger partial charge >= 0.3 is 5.97 Å². The Morgan fingerprint density at radius 1 is 0.800 bits per heavy atom. The van der Waals surface area contributed by atoms with Gasteiger partial charge in [-0.05, 0) is 19.3 Å². The number of carboxylic acid groups (broad SMARTS) is 1. The van der Waals surface area contributed by atoms with Crippen LogP contribution in [-0.2, 0) is 24.0 Å². The van der Waals surface area contributed by atoms with E-state index in [2.05, 4.69) is 10.6 Å². The average Bonchev–Trinajstić information content (AvgIpc) is 2.63. The topological polar surface area (TPSA) is 197 Å². The number of aliphatic hydroxyl groups is 1. The van der Waals surface area contributed by atoms with E-state index >= 15 is 0 Å². The van der Waals surface area contributed by atoms with Gasteiger partial charge in [0.05, 0.1) is 19.4 Å². The van der Waals surface area contributed by atoms with Gasteiger partial charge in [0.15, 0.2) is 5.60 Å². The second-order valence-electron chi connectivity index (χ2n) is 6.73. The average molecular weight is 434 g/mol. The van der Waals surface area contributed by atoms with Crippen LogP contribution in [0.5, 0.6) is 0 Å². The minimum Gasteiger partial charge on any atom is -0.481 e. The maximum absolute atomic E-state index is 12.2. The van der Waals surface area contributed by atoms with Crippen LogP contribution in [0.2, 0.25) is 0 Å². The predicted molar refractivity (Wildman–Crippen MR) is 100 cm³/mol. The van der Waals surface area contributed by atoms with Crippen LogP contribution in [0.1, 0.15) is 46.0 Å². The Labute approximate surface area is 173 Å². The van der Waals surface area contributed by atoms with Crippen molar-refractivity contribution < 1.29 is 44.6 Å². The third-order valence-corrected chi connectivity index (χ3v) is 4.00. The second kappa shape index (κ2) is 13.5. The first kappa shape index (κ1) is 27.2. The lowest BCUT2D eigenvalue weighted by molar-refractivity contribution is -0.163. The van der Waals surface area contributed by atoms with Crippen LogP contribution < -0.4 is 10.6 Å². The predicted octanol–water partition coefficient (Wildman–Crippen LogP) is -1.54. The lowest BCUT2D eigenvalue weighted by Crippen LogP contribution is -2.51. The number of carbonyl (C=O) groups excluding carboxylic acids is 4. The first-order valence-corrected chi connectivity index (χ1v) is 9.32. The summed E-state index contributed by atoms with van der Waals surface area (Å²) in [5.74, 6) is -4.39. The highest BCUT2D eigenvalue weighted by atomic mass is 16.5. The number of unbranched alkanes of at least 4 members (excludes halogenated alkanes) is 1. The molecule has 0 radical (unpaired) electrons. The molecule has 0 aromatic heterocycles. The molecule has 0 heterocycles. The van der Waals surface area contributed by atoms with Crippen molar-refractivity contribution >= 4 is 29.6 Å². The fourth-order valence-corrected chi connectivity index (χ4v) is 2.33. The number of nitrogens with zero attached hydrogens (tertiary/aromatic N) is 2. The third kappa shape index (κ3) is 11.3. The number of carboxylic acids is 1. The van der Waals surface area contributed by atoms with E-state index in [1.165, 1.54) is 6.92 Å². The van der Waals surface area contributed by atoms with Crippen LogP contribution in [0.3, 0.4) is 0 Å². The van der Waals surface area contributed by atoms with Crippen molar-refractivity contribution in [2.45, 2.75) is 51.6 Å². The highest BCUT2D eigenvalue weighted by Crippen LogP contribution is 2.16. The van der Waals surface area contributed by atoms with Gasteiger partial charge in [0, 0.05) is 33.5 Å². The molecule has 0 aliphatic carbocycles. The molecule has 0 rings (SSSR count). The van der Waals surface area contributed by atoms with E-state index in [-0.39, 0.29) is 32.6 Å². The van der Waals surface area contributed by atoms with Gasteiger partial charge in [-0.25, -0.2) is 10.1 Å². The molecule has 6 N–H and O–H groups in total. The number of carbonyl (C=O) groups is 5. The third-order valence-electron chi connectivity index (χ3n) is 4.00. The summed E-state index contributed by atoms with van der Waals surface area (Å²) in [6.45, 7) is 2.41. The maximum atomic E-state index is 12.2. The van der Waals surface area contributed by atoms with E-state index < -0.39 is 48.0 Å². The Hall–Kier alpha value is -2.77. The summed E-state index contributed by atoms with van der Waals surface area (Å²) in [7, 11) is 0. The van der Waals surface area contributed by atoms with Gasteiger partial charge in [-0.2, -0.15) is 0 Å². The molecular weight excluding hydrogens is 404 g/mol. The summed E-state index contributed by atoms with van der Waals surface area (Å²) in [6.07, 6.45) is -0.908. The van der Waals surface area contributed by atoms with Gasteiger partial charge in [-0.15, -0.1) is 0 Å². The number of rotatable bonds is 14. The van der Waals surface area contributed by atoms with Crippen molar-refractivity contribution in [3.05, 3.63) is 0 Å². The Kier molecular flexibility index (Phi) is 12.2. The van der Waals surface area contributed by atoms with Crippen LogP contribution >= 0.6 is 0 Å². The molecule has 0 spiro atoms. The van der Waals surface area contributed by atoms with Crippen molar-refractivity contribution in [3.8, 4) is 0 Å². The molecule has 1 unspecified atom stereocenters. The van der Waals surface area contributed by atoms with Crippen molar-refractivity contribution in [2.75, 3.05) is 26.2 Å². The van der Waals surface area contributed by atoms with Crippen molar-refractivity contribution in [2.24, 2.45) is 0 Å². The molecule has 0 aliphatic heterocycles. The Bertz CT molecular complexity index is 628. The van der Waals surface area contributed by atoms with Crippen LogP contribution in [0.15, 0.2) is 0 Å². The minimum absolute atomic E-state index is 0.0295. The van der Waals surface area contributed by atoms with E-state index in [1.54, 1.807) is 0 Å². The lowest BCUT2D eigenvalue weighted by Gasteiger charge is -2.25.